The summed E-state index contributed by atoms with van der Waals surface area (Å²) in [4.78, 5) is 9.71. The summed E-state index contributed by atoms with van der Waals surface area (Å²) >= 11 is 4.58. The van der Waals surface area contributed by atoms with Crippen LogP contribution in [0.5, 0.6) is 0 Å². The number of hydrogen-bond acceptors (Lipinski definition) is 2. The van der Waals surface area contributed by atoms with E-state index in [0.29, 0.717) is 0 Å². The van der Waals surface area contributed by atoms with Gasteiger partial charge in [-0.3, -0.25) is 0 Å². The maximum atomic E-state index is 11.3. The minimum Gasteiger partial charge on any atom is -0.453 e. The molecule has 0 aliphatic rings. The third kappa shape index (κ3) is 7.55. The van der Waals surface area contributed by atoms with Crippen molar-refractivity contribution in [3.63, 3.8) is 0 Å². The molecule has 0 aromatic heterocycles. The zero-order chi connectivity index (χ0) is 8.20. The maximum absolute atomic E-state index is 11.3. The first-order chi connectivity index (χ1) is 4.42. The first-order valence-electron chi connectivity index (χ1n) is 2.31. The Labute approximate surface area is 59.9 Å². The van der Waals surface area contributed by atoms with Crippen molar-refractivity contribution in [2.45, 2.75) is 12.6 Å². The van der Waals surface area contributed by atoms with E-state index >= 15 is 0 Å². The molecule has 0 saturated heterocycles. The molecule has 0 amide bonds. The Morgan fingerprint density at radius 1 is 1.50 bits per heavy atom. The summed E-state index contributed by atoms with van der Waals surface area (Å²) in [6.45, 7) is -0.716. The lowest BCUT2D eigenvalue weighted by atomic mass is 10.4. The average molecular weight is 177 g/mol. The molecule has 0 saturated carbocycles. The Hall–Kier alpha value is -0.450. The van der Waals surface area contributed by atoms with Gasteiger partial charge in [-0.2, -0.15) is 13.2 Å². The number of ether oxygens (including phenoxy) is 1. The SMILES string of the molecule is O=C(Cl)OCCC(F)(F)F. The van der Waals surface area contributed by atoms with Crippen LogP contribution in [-0.4, -0.2) is 18.2 Å². The number of rotatable bonds is 2. The monoisotopic (exact) mass is 176 g/mol. The predicted molar refractivity (Wildman–Crippen MR) is 27.9 cm³/mol. The van der Waals surface area contributed by atoms with E-state index in [0.717, 1.165) is 0 Å². The summed E-state index contributed by atoms with van der Waals surface area (Å²) in [7, 11) is 0. The maximum Gasteiger partial charge on any atom is 0.403 e. The molecule has 2 nitrogen and oxygen atoms in total. The second kappa shape index (κ2) is 3.65. The standard InChI is InChI=1S/C4H4ClF3O2/c5-3(9)10-2-1-4(6,7)8/h1-2H2. The van der Waals surface area contributed by atoms with Gasteiger partial charge in [-0.05, 0) is 0 Å². The molecule has 0 aromatic rings. The second-order valence-electron chi connectivity index (χ2n) is 1.45. The molecule has 0 atom stereocenters. The van der Waals surface area contributed by atoms with E-state index in [-0.39, 0.29) is 0 Å². The molecule has 0 heterocycles. The largest absolute Gasteiger partial charge is 0.453 e. The number of hydrogen-bond donors (Lipinski definition) is 0. The molecule has 0 aliphatic carbocycles. The van der Waals surface area contributed by atoms with E-state index in [1.807, 2.05) is 0 Å². The highest BCUT2D eigenvalue weighted by atomic mass is 35.5. The third-order valence-electron chi connectivity index (χ3n) is 0.601. The first-order valence-corrected chi connectivity index (χ1v) is 2.68. The van der Waals surface area contributed by atoms with Gasteiger partial charge in [0.1, 0.15) is 6.61 Å². The predicted octanol–water partition coefficient (Wildman–Crippen LogP) is 2.31. The van der Waals surface area contributed by atoms with Crippen molar-refractivity contribution in [1.82, 2.24) is 0 Å². The number of halogens is 4. The molecule has 6 heteroatoms. The molecule has 0 radical (unpaired) electrons. The van der Waals surface area contributed by atoms with E-state index in [4.69, 9.17) is 0 Å². The van der Waals surface area contributed by atoms with Crippen LogP contribution in [0.25, 0.3) is 0 Å². The Balaban J connectivity index is 3.29. The number of carbonyl (C=O) groups is 1. The molecular formula is C4H4ClF3O2. The number of alkyl halides is 3. The molecule has 0 N–H and O–H groups in total. The Bertz CT molecular complexity index is 122. The van der Waals surface area contributed by atoms with Crippen molar-refractivity contribution in [2.24, 2.45) is 0 Å². The second-order valence-corrected chi connectivity index (χ2v) is 1.76. The van der Waals surface area contributed by atoms with Crippen molar-refractivity contribution < 1.29 is 22.7 Å². The van der Waals surface area contributed by atoms with Crippen LogP contribution >= 0.6 is 11.6 Å². The highest BCUT2D eigenvalue weighted by Gasteiger charge is 2.27. The van der Waals surface area contributed by atoms with Crippen LogP contribution < -0.4 is 0 Å². The van der Waals surface area contributed by atoms with E-state index in [1.54, 1.807) is 0 Å². The van der Waals surface area contributed by atoms with Crippen LogP contribution in [0, 0.1) is 0 Å². The topological polar surface area (TPSA) is 26.3 Å². The Morgan fingerprint density at radius 3 is 2.30 bits per heavy atom. The van der Waals surface area contributed by atoms with Gasteiger partial charge in [-0.1, -0.05) is 0 Å². The van der Waals surface area contributed by atoms with Gasteiger partial charge in [0.25, 0.3) is 0 Å². The lowest BCUT2D eigenvalue weighted by molar-refractivity contribution is -0.140. The van der Waals surface area contributed by atoms with Gasteiger partial charge < -0.3 is 4.74 Å². The van der Waals surface area contributed by atoms with Crippen molar-refractivity contribution in [1.29, 1.82) is 0 Å². The van der Waals surface area contributed by atoms with Gasteiger partial charge in [0.05, 0.1) is 6.42 Å². The average Bonchev–Trinajstić information content (AvgIpc) is 1.59. The van der Waals surface area contributed by atoms with Crippen molar-refractivity contribution in [2.75, 3.05) is 6.61 Å². The van der Waals surface area contributed by atoms with Gasteiger partial charge in [0.2, 0.25) is 0 Å². The van der Waals surface area contributed by atoms with E-state index in [1.165, 1.54) is 0 Å². The molecule has 0 bridgehead atoms. The Kier molecular flexibility index (Phi) is 3.49. The Morgan fingerprint density at radius 2 is 2.00 bits per heavy atom. The van der Waals surface area contributed by atoms with E-state index in [9.17, 15) is 18.0 Å². The van der Waals surface area contributed by atoms with Crippen molar-refractivity contribution in [3.8, 4) is 0 Å². The molecule has 0 aliphatic heterocycles. The van der Waals surface area contributed by atoms with Crippen LogP contribution in [0.2, 0.25) is 0 Å². The summed E-state index contributed by atoms with van der Waals surface area (Å²) in [5.41, 5.74) is -1.22. The van der Waals surface area contributed by atoms with Gasteiger partial charge >= 0.3 is 11.6 Å². The van der Waals surface area contributed by atoms with Gasteiger partial charge in [0, 0.05) is 11.6 Å². The van der Waals surface area contributed by atoms with Gasteiger partial charge in [0.15, 0.2) is 0 Å². The van der Waals surface area contributed by atoms with Crippen LogP contribution in [-0.2, 0) is 4.74 Å². The van der Waals surface area contributed by atoms with E-state index in [2.05, 4.69) is 16.3 Å². The molecule has 0 fully saturated rings. The fraction of sp³-hybridized carbons (Fsp3) is 0.750. The third-order valence-corrected chi connectivity index (χ3v) is 0.710. The summed E-state index contributed by atoms with van der Waals surface area (Å²) in [6.07, 6.45) is -5.46. The molecule has 10 heavy (non-hydrogen) atoms. The normalized spacial score (nSPS) is 11.2. The highest BCUT2D eigenvalue weighted by Crippen LogP contribution is 2.18. The fourth-order valence-electron chi connectivity index (χ4n) is 0.247. The summed E-state index contributed by atoms with van der Waals surface area (Å²) in [6, 6.07) is 0. The fourth-order valence-corrected chi connectivity index (χ4v) is 0.324. The lowest BCUT2D eigenvalue weighted by Crippen LogP contribution is -2.12. The molecule has 0 unspecified atom stereocenters. The van der Waals surface area contributed by atoms with E-state index < -0.39 is 24.6 Å². The molecule has 0 aromatic carbocycles. The minimum atomic E-state index is -4.30. The zero-order valence-electron chi connectivity index (χ0n) is 4.74. The van der Waals surface area contributed by atoms with Crippen LogP contribution in [0.15, 0.2) is 0 Å². The number of carbonyl (C=O) groups excluding carboxylic acids is 1. The van der Waals surface area contributed by atoms with Crippen molar-refractivity contribution in [3.05, 3.63) is 0 Å². The lowest BCUT2D eigenvalue weighted by Gasteiger charge is -2.03. The summed E-state index contributed by atoms with van der Waals surface area (Å²) in [5, 5.41) is 0. The van der Waals surface area contributed by atoms with Crippen LogP contribution in [0.3, 0.4) is 0 Å². The summed E-state index contributed by atoms with van der Waals surface area (Å²) < 4.78 is 37.6. The first kappa shape index (κ1) is 9.55. The molecule has 60 valence electrons. The van der Waals surface area contributed by atoms with Crippen molar-refractivity contribution >= 4 is 17.0 Å². The quantitative estimate of drug-likeness (QED) is 0.604. The van der Waals surface area contributed by atoms with Gasteiger partial charge in [-0.25, -0.2) is 4.79 Å². The molecule has 0 spiro atoms. The smallest absolute Gasteiger partial charge is 0.403 e. The molecular weight excluding hydrogens is 172 g/mol. The van der Waals surface area contributed by atoms with Crippen LogP contribution in [0.1, 0.15) is 6.42 Å². The molecule has 0 rings (SSSR count). The van der Waals surface area contributed by atoms with Gasteiger partial charge in [-0.15, -0.1) is 0 Å². The van der Waals surface area contributed by atoms with Crippen LogP contribution in [0.4, 0.5) is 18.0 Å². The minimum absolute atomic E-state index is 0.716. The highest BCUT2D eigenvalue weighted by molar-refractivity contribution is 6.61. The zero-order valence-corrected chi connectivity index (χ0v) is 5.50. The summed E-state index contributed by atoms with van der Waals surface area (Å²) in [5.74, 6) is 0.